The van der Waals surface area contributed by atoms with Crippen LogP contribution >= 0.6 is 0 Å². The second-order valence-electron chi connectivity index (χ2n) is 4.73. The molecule has 0 radical (unpaired) electrons. The average molecular weight is 245 g/mol. The Kier molecular flexibility index (Phi) is 4.15. The number of nitrogens with zero attached hydrogens (tertiary/aromatic N) is 1. The third-order valence-corrected chi connectivity index (χ3v) is 3.11. The summed E-state index contributed by atoms with van der Waals surface area (Å²) in [6, 6.07) is 8.25. The van der Waals surface area contributed by atoms with Crippen LogP contribution in [-0.4, -0.2) is 31.0 Å². The summed E-state index contributed by atoms with van der Waals surface area (Å²) in [5.41, 5.74) is 3.66. The Morgan fingerprint density at radius 2 is 2.06 bits per heavy atom. The minimum absolute atomic E-state index is 0.240. The Labute approximate surface area is 108 Å². The minimum Gasteiger partial charge on any atom is -0.461 e. The summed E-state index contributed by atoms with van der Waals surface area (Å²) in [6.45, 7) is 3.92. The molecule has 0 aliphatic carbocycles. The highest BCUT2D eigenvalue weighted by Gasteiger charge is 2.10. The van der Waals surface area contributed by atoms with E-state index in [4.69, 9.17) is 4.74 Å². The first-order valence-corrected chi connectivity index (χ1v) is 6.25. The molecule has 0 saturated heterocycles. The van der Waals surface area contributed by atoms with E-state index in [1.807, 2.05) is 12.1 Å². The first kappa shape index (κ1) is 12.8. The van der Waals surface area contributed by atoms with Crippen molar-refractivity contribution in [2.24, 2.45) is 0 Å². The number of benzene rings is 1. The van der Waals surface area contributed by atoms with Crippen molar-refractivity contribution >= 4 is 11.5 Å². The van der Waals surface area contributed by atoms with E-state index in [2.05, 4.69) is 30.2 Å². The Balaban J connectivity index is 2.03. The fourth-order valence-corrected chi connectivity index (χ4v) is 2.10. The molecule has 0 unspecified atom stereocenters. The van der Waals surface area contributed by atoms with Crippen molar-refractivity contribution in [1.82, 2.24) is 4.90 Å². The van der Waals surface area contributed by atoms with Crippen LogP contribution in [0, 0.1) is 0 Å². The number of rotatable bonds is 3. The molecule has 1 aromatic rings. The summed E-state index contributed by atoms with van der Waals surface area (Å²) < 4.78 is 4.97. The maximum absolute atomic E-state index is 10.7. The van der Waals surface area contributed by atoms with E-state index in [1.54, 1.807) is 0 Å². The molecule has 96 valence electrons. The third kappa shape index (κ3) is 3.44. The average Bonchev–Trinajstić information content (AvgIpc) is 2.37. The van der Waals surface area contributed by atoms with Gasteiger partial charge in [-0.25, -0.2) is 0 Å². The lowest BCUT2D eigenvalue weighted by Crippen LogP contribution is -2.24. The predicted molar refractivity (Wildman–Crippen MR) is 72.0 cm³/mol. The molecule has 3 nitrogen and oxygen atoms in total. The van der Waals surface area contributed by atoms with E-state index >= 15 is 0 Å². The van der Waals surface area contributed by atoms with Gasteiger partial charge in [0, 0.05) is 20.0 Å². The number of carbonyl (C=O) groups excluding carboxylic acids is 1. The van der Waals surface area contributed by atoms with E-state index in [9.17, 15) is 4.79 Å². The molecule has 0 bridgehead atoms. The number of hydrogen-bond donors (Lipinski definition) is 0. The van der Waals surface area contributed by atoms with Crippen molar-refractivity contribution in [1.29, 1.82) is 0 Å². The van der Waals surface area contributed by atoms with Crippen LogP contribution in [0.25, 0.3) is 5.57 Å². The summed E-state index contributed by atoms with van der Waals surface area (Å²) in [5.74, 6) is -0.240. The van der Waals surface area contributed by atoms with Gasteiger partial charge in [0.15, 0.2) is 0 Å². The molecule has 0 spiro atoms. The van der Waals surface area contributed by atoms with Gasteiger partial charge < -0.3 is 9.64 Å². The molecule has 18 heavy (non-hydrogen) atoms. The molecule has 0 N–H and O–H groups in total. The van der Waals surface area contributed by atoms with E-state index in [0.717, 1.165) is 25.1 Å². The van der Waals surface area contributed by atoms with Crippen LogP contribution < -0.4 is 0 Å². The van der Waals surface area contributed by atoms with Crippen molar-refractivity contribution in [3.63, 3.8) is 0 Å². The molecular weight excluding hydrogens is 226 g/mol. The van der Waals surface area contributed by atoms with Gasteiger partial charge >= 0.3 is 5.97 Å². The molecule has 1 heterocycles. The quantitative estimate of drug-likeness (QED) is 0.766. The van der Waals surface area contributed by atoms with E-state index in [-0.39, 0.29) is 5.97 Å². The van der Waals surface area contributed by atoms with E-state index in [1.165, 1.54) is 18.1 Å². The molecule has 1 aromatic carbocycles. The summed E-state index contributed by atoms with van der Waals surface area (Å²) in [4.78, 5) is 13.1. The zero-order valence-corrected chi connectivity index (χ0v) is 11.0. The predicted octanol–water partition coefficient (Wildman–Crippen LogP) is 2.47. The zero-order chi connectivity index (χ0) is 13.0. The first-order valence-electron chi connectivity index (χ1n) is 6.25. The van der Waals surface area contributed by atoms with E-state index in [0.29, 0.717) is 6.61 Å². The van der Waals surface area contributed by atoms with Gasteiger partial charge in [-0.3, -0.25) is 4.79 Å². The summed E-state index contributed by atoms with van der Waals surface area (Å²) in [6.07, 6.45) is 3.42. The normalized spacial score (nSPS) is 16.2. The van der Waals surface area contributed by atoms with Crippen molar-refractivity contribution in [2.45, 2.75) is 20.0 Å². The van der Waals surface area contributed by atoms with Gasteiger partial charge in [0.05, 0.1) is 0 Å². The second kappa shape index (κ2) is 5.83. The fraction of sp³-hybridized carbons (Fsp3) is 0.400. The van der Waals surface area contributed by atoms with Crippen LogP contribution in [0.15, 0.2) is 30.3 Å². The molecule has 0 amide bonds. The second-order valence-corrected chi connectivity index (χ2v) is 4.73. The molecule has 0 aromatic heterocycles. The molecule has 1 aliphatic heterocycles. The SMILES string of the molecule is CC(=O)OCc1ccc(C2=CCCN(C)C2)cc1. The Hall–Kier alpha value is -1.61. The molecule has 2 rings (SSSR count). The topological polar surface area (TPSA) is 29.5 Å². The van der Waals surface area contributed by atoms with Crippen LogP contribution in [0.1, 0.15) is 24.5 Å². The minimum atomic E-state index is -0.240. The van der Waals surface area contributed by atoms with Gasteiger partial charge in [0.25, 0.3) is 0 Å². The summed E-state index contributed by atoms with van der Waals surface area (Å²) in [5, 5.41) is 0. The Morgan fingerprint density at radius 1 is 1.33 bits per heavy atom. The lowest BCUT2D eigenvalue weighted by molar-refractivity contribution is -0.142. The maximum Gasteiger partial charge on any atom is 0.302 e. The molecule has 3 heteroatoms. The molecule has 0 fully saturated rings. The number of likely N-dealkylation sites (N-methyl/N-ethyl adjacent to an activating group) is 1. The molecule has 0 saturated carbocycles. The van der Waals surface area contributed by atoms with Crippen molar-refractivity contribution < 1.29 is 9.53 Å². The fourth-order valence-electron chi connectivity index (χ4n) is 2.10. The molecule has 1 aliphatic rings. The van der Waals surface area contributed by atoms with Gasteiger partial charge in [-0.2, -0.15) is 0 Å². The number of esters is 1. The first-order chi connectivity index (χ1) is 8.65. The van der Waals surface area contributed by atoms with Gasteiger partial charge in [0.1, 0.15) is 6.61 Å². The Bertz CT molecular complexity index is 448. The number of hydrogen-bond acceptors (Lipinski definition) is 3. The highest BCUT2D eigenvalue weighted by Crippen LogP contribution is 2.20. The van der Waals surface area contributed by atoms with Gasteiger partial charge in [-0.15, -0.1) is 0 Å². The maximum atomic E-state index is 10.7. The Morgan fingerprint density at radius 3 is 2.67 bits per heavy atom. The van der Waals surface area contributed by atoms with Gasteiger partial charge in [-0.05, 0) is 30.2 Å². The number of carbonyl (C=O) groups is 1. The van der Waals surface area contributed by atoms with Crippen LogP contribution in [0.2, 0.25) is 0 Å². The van der Waals surface area contributed by atoms with Gasteiger partial charge in [-0.1, -0.05) is 30.3 Å². The standard InChI is InChI=1S/C15H19NO2/c1-12(17)18-11-13-5-7-14(8-6-13)15-4-3-9-16(2)10-15/h4-8H,3,9-11H2,1-2H3. The molecular formula is C15H19NO2. The largest absolute Gasteiger partial charge is 0.461 e. The van der Waals surface area contributed by atoms with Crippen molar-refractivity contribution in [3.05, 3.63) is 41.5 Å². The van der Waals surface area contributed by atoms with Crippen molar-refractivity contribution in [2.75, 3.05) is 20.1 Å². The van der Waals surface area contributed by atoms with Gasteiger partial charge in [0.2, 0.25) is 0 Å². The summed E-state index contributed by atoms with van der Waals surface area (Å²) >= 11 is 0. The smallest absolute Gasteiger partial charge is 0.302 e. The molecule has 0 atom stereocenters. The van der Waals surface area contributed by atoms with E-state index < -0.39 is 0 Å². The van der Waals surface area contributed by atoms with Crippen LogP contribution in [-0.2, 0) is 16.1 Å². The monoisotopic (exact) mass is 245 g/mol. The third-order valence-electron chi connectivity index (χ3n) is 3.11. The van der Waals surface area contributed by atoms with Crippen LogP contribution in [0.5, 0.6) is 0 Å². The summed E-state index contributed by atoms with van der Waals surface area (Å²) in [7, 11) is 2.14. The zero-order valence-electron chi connectivity index (χ0n) is 11.0. The lowest BCUT2D eigenvalue weighted by atomic mass is 10.0. The highest BCUT2D eigenvalue weighted by atomic mass is 16.5. The highest BCUT2D eigenvalue weighted by molar-refractivity contribution is 5.68. The van der Waals surface area contributed by atoms with Crippen LogP contribution in [0.4, 0.5) is 0 Å². The number of ether oxygens (including phenoxy) is 1. The lowest BCUT2D eigenvalue weighted by Gasteiger charge is -2.23. The van der Waals surface area contributed by atoms with Crippen molar-refractivity contribution in [3.8, 4) is 0 Å². The van der Waals surface area contributed by atoms with Crippen LogP contribution in [0.3, 0.4) is 0 Å².